The van der Waals surface area contributed by atoms with Crippen LogP contribution in [-0.4, -0.2) is 22.2 Å². The Morgan fingerprint density at radius 3 is 2.69 bits per heavy atom. The van der Waals surface area contributed by atoms with Crippen LogP contribution in [0.1, 0.15) is 18.4 Å². The number of rotatable bonds is 3. The van der Waals surface area contributed by atoms with E-state index in [4.69, 9.17) is 5.11 Å². The van der Waals surface area contributed by atoms with Crippen LogP contribution in [0.25, 0.3) is 6.08 Å². The smallest absolute Gasteiger partial charge is 0.244 e. The number of hydrogen-bond acceptors (Lipinski definition) is 3. The first-order valence-electron chi connectivity index (χ1n) is 5.16. The van der Waals surface area contributed by atoms with Crippen LogP contribution < -0.4 is 5.32 Å². The molecule has 0 aliphatic heterocycles. The summed E-state index contributed by atoms with van der Waals surface area (Å²) in [6.45, 7) is 0. The summed E-state index contributed by atoms with van der Waals surface area (Å²) in [6.07, 6.45) is 5.13. The van der Waals surface area contributed by atoms with Crippen LogP contribution in [0.4, 0.5) is 0 Å². The van der Waals surface area contributed by atoms with Gasteiger partial charge in [-0.05, 0) is 36.6 Å². The van der Waals surface area contributed by atoms with Gasteiger partial charge in [-0.1, -0.05) is 6.07 Å². The van der Waals surface area contributed by atoms with Crippen LogP contribution in [0.5, 0.6) is 11.5 Å². The minimum atomic E-state index is -0.190. The molecule has 0 heterocycles. The van der Waals surface area contributed by atoms with Crippen LogP contribution in [0.3, 0.4) is 0 Å². The number of nitrogens with one attached hydrogen (secondary N) is 1. The van der Waals surface area contributed by atoms with Gasteiger partial charge in [-0.3, -0.25) is 4.79 Å². The Bertz CT molecular complexity index is 436. The molecule has 1 aliphatic carbocycles. The van der Waals surface area contributed by atoms with Gasteiger partial charge >= 0.3 is 0 Å². The molecule has 0 radical (unpaired) electrons. The number of amides is 1. The lowest BCUT2D eigenvalue weighted by atomic mass is 10.2. The summed E-state index contributed by atoms with van der Waals surface area (Å²) in [7, 11) is 0. The molecule has 4 heteroatoms. The van der Waals surface area contributed by atoms with E-state index in [-0.39, 0.29) is 17.4 Å². The molecule has 1 aromatic rings. The summed E-state index contributed by atoms with van der Waals surface area (Å²) in [5.74, 6) is -0.487. The molecule has 1 aliphatic rings. The SMILES string of the molecule is O=C(/C=C/c1ccc(O)c(O)c1)NC1CC1. The lowest BCUT2D eigenvalue weighted by Crippen LogP contribution is -2.22. The van der Waals surface area contributed by atoms with E-state index in [0.717, 1.165) is 12.8 Å². The Kier molecular flexibility index (Phi) is 2.81. The highest BCUT2D eigenvalue weighted by atomic mass is 16.3. The molecule has 0 saturated heterocycles. The van der Waals surface area contributed by atoms with Gasteiger partial charge in [0.25, 0.3) is 0 Å². The molecule has 1 saturated carbocycles. The van der Waals surface area contributed by atoms with Crippen molar-refractivity contribution in [2.45, 2.75) is 18.9 Å². The van der Waals surface area contributed by atoms with Gasteiger partial charge < -0.3 is 15.5 Å². The summed E-state index contributed by atoms with van der Waals surface area (Å²) in [4.78, 5) is 11.3. The van der Waals surface area contributed by atoms with Crippen molar-refractivity contribution in [1.82, 2.24) is 5.32 Å². The minimum Gasteiger partial charge on any atom is -0.504 e. The van der Waals surface area contributed by atoms with Gasteiger partial charge in [0.1, 0.15) is 0 Å². The fourth-order valence-corrected chi connectivity index (χ4v) is 1.29. The van der Waals surface area contributed by atoms with Gasteiger partial charge in [-0.25, -0.2) is 0 Å². The Morgan fingerprint density at radius 2 is 2.06 bits per heavy atom. The van der Waals surface area contributed by atoms with Gasteiger partial charge in [0.15, 0.2) is 11.5 Å². The van der Waals surface area contributed by atoms with Gasteiger partial charge in [0, 0.05) is 12.1 Å². The first-order chi connectivity index (χ1) is 7.65. The maximum absolute atomic E-state index is 11.3. The first kappa shape index (κ1) is 10.5. The van der Waals surface area contributed by atoms with E-state index in [9.17, 15) is 9.90 Å². The predicted octanol–water partition coefficient (Wildman–Crippen LogP) is 1.39. The quantitative estimate of drug-likeness (QED) is 0.531. The van der Waals surface area contributed by atoms with Crippen LogP contribution in [0.15, 0.2) is 24.3 Å². The fraction of sp³-hybridized carbons (Fsp3) is 0.250. The second-order valence-electron chi connectivity index (χ2n) is 3.86. The van der Waals surface area contributed by atoms with Crippen molar-refractivity contribution in [3.8, 4) is 11.5 Å². The number of phenolic OH excluding ortho intramolecular Hbond substituents is 2. The summed E-state index contributed by atoms with van der Waals surface area (Å²) in [5.41, 5.74) is 0.668. The molecule has 84 valence electrons. The Hall–Kier alpha value is -1.97. The van der Waals surface area contributed by atoms with Crippen molar-refractivity contribution < 1.29 is 15.0 Å². The molecule has 1 aromatic carbocycles. The van der Waals surface area contributed by atoms with Gasteiger partial charge in [-0.2, -0.15) is 0 Å². The zero-order valence-electron chi connectivity index (χ0n) is 8.68. The highest BCUT2D eigenvalue weighted by molar-refractivity contribution is 5.92. The third kappa shape index (κ3) is 2.76. The van der Waals surface area contributed by atoms with Crippen molar-refractivity contribution in [3.05, 3.63) is 29.8 Å². The third-order valence-corrected chi connectivity index (χ3v) is 2.35. The van der Waals surface area contributed by atoms with Gasteiger partial charge in [0.2, 0.25) is 5.91 Å². The van der Waals surface area contributed by atoms with E-state index in [1.165, 1.54) is 18.2 Å². The van der Waals surface area contributed by atoms with Gasteiger partial charge in [0.05, 0.1) is 0 Å². The fourth-order valence-electron chi connectivity index (χ4n) is 1.29. The number of phenols is 2. The van der Waals surface area contributed by atoms with E-state index in [2.05, 4.69) is 5.32 Å². The second kappa shape index (κ2) is 4.26. The third-order valence-electron chi connectivity index (χ3n) is 2.35. The van der Waals surface area contributed by atoms with Crippen molar-refractivity contribution in [1.29, 1.82) is 0 Å². The molecule has 16 heavy (non-hydrogen) atoms. The summed E-state index contributed by atoms with van der Waals surface area (Å²) in [5, 5.41) is 21.1. The molecular weight excluding hydrogens is 206 g/mol. The molecule has 0 unspecified atom stereocenters. The topological polar surface area (TPSA) is 69.6 Å². The van der Waals surface area contributed by atoms with Crippen LogP contribution in [-0.2, 0) is 4.79 Å². The van der Waals surface area contributed by atoms with Crippen molar-refractivity contribution in [2.24, 2.45) is 0 Å². The summed E-state index contributed by atoms with van der Waals surface area (Å²) < 4.78 is 0. The van der Waals surface area contributed by atoms with E-state index >= 15 is 0 Å². The molecule has 1 amide bonds. The largest absolute Gasteiger partial charge is 0.504 e. The van der Waals surface area contributed by atoms with Crippen molar-refractivity contribution >= 4 is 12.0 Å². The van der Waals surface area contributed by atoms with E-state index in [0.29, 0.717) is 11.6 Å². The zero-order chi connectivity index (χ0) is 11.5. The normalized spacial score (nSPS) is 15.2. The number of benzene rings is 1. The van der Waals surface area contributed by atoms with E-state index < -0.39 is 0 Å². The number of aromatic hydroxyl groups is 2. The maximum Gasteiger partial charge on any atom is 0.244 e. The molecule has 2 rings (SSSR count). The second-order valence-corrected chi connectivity index (χ2v) is 3.86. The number of carbonyl (C=O) groups is 1. The standard InChI is InChI=1S/C12H13NO3/c14-10-5-1-8(7-11(10)15)2-6-12(16)13-9-3-4-9/h1-2,5-7,9,14-15H,3-4H2,(H,13,16)/b6-2+. The molecule has 0 spiro atoms. The van der Waals surface area contributed by atoms with E-state index in [1.807, 2.05) is 0 Å². The highest BCUT2D eigenvalue weighted by Crippen LogP contribution is 2.25. The molecule has 0 atom stereocenters. The number of carbonyl (C=O) groups excluding carboxylic acids is 1. The Morgan fingerprint density at radius 1 is 1.31 bits per heavy atom. The Labute approximate surface area is 93.2 Å². The molecule has 3 N–H and O–H groups in total. The molecule has 0 aromatic heterocycles. The maximum atomic E-state index is 11.3. The van der Waals surface area contributed by atoms with Crippen LogP contribution in [0, 0.1) is 0 Å². The molecule has 4 nitrogen and oxygen atoms in total. The average Bonchev–Trinajstić information content (AvgIpc) is 3.04. The summed E-state index contributed by atoms with van der Waals surface area (Å²) in [6, 6.07) is 4.74. The lowest BCUT2D eigenvalue weighted by Gasteiger charge is -1.99. The molecule has 1 fully saturated rings. The van der Waals surface area contributed by atoms with Crippen LogP contribution in [0.2, 0.25) is 0 Å². The van der Waals surface area contributed by atoms with Gasteiger partial charge in [-0.15, -0.1) is 0 Å². The predicted molar refractivity (Wildman–Crippen MR) is 60.0 cm³/mol. The monoisotopic (exact) mass is 219 g/mol. The van der Waals surface area contributed by atoms with Crippen molar-refractivity contribution in [2.75, 3.05) is 0 Å². The van der Waals surface area contributed by atoms with Crippen LogP contribution >= 0.6 is 0 Å². The number of hydrogen-bond donors (Lipinski definition) is 3. The van der Waals surface area contributed by atoms with Crippen molar-refractivity contribution in [3.63, 3.8) is 0 Å². The first-order valence-corrected chi connectivity index (χ1v) is 5.16. The molecule has 0 bridgehead atoms. The highest BCUT2D eigenvalue weighted by Gasteiger charge is 2.21. The Balaban J connectivity index is 1.98. The average molecular weight is 219 g/mol. The lowest BCUT2D eigenvalue weighted by molar-refractivity contribution is -0.116. The minimum absolute atomic E-state index is 0.130. The molecular formula is C12H13NO3. The van der Waals surface area contributed by atoms with E-state index in [1.54, 1.807) is 12.1 Å². The zero-order valence-corrected chi connectivity index (χ0v) is 8.68. The summed E-state index contributed by atoms with van der Waals surface area (Å²) >= 11 is 0.